The SMILES string of the molecule is CCCS(=O)(=O)c1ccccc1N(CCN)CC(F)F. The van der Waals surface area contributed by atoms with Gasteiger partial charge in [-0.3, -0.25) is 0 Å². The molecule has 0 aliphatic heterocycles. The maximum Gasteiger partial charge on any atom is 0.255 e. The Balaban J connectivity index is 3.22. The molecule has 4 nitrogen and oxygen atoms in total. The van der Waals surface area contributed by atoms with Gasteiger partial charge in [-0.05, 0) is 18.6 Å². The van der Waals surface area contributed by atoms with Gasteiger partial charge in [0, 0.05) is 13.1 Å². The van der Waals surface area contributed by atoms with Crippen LogP contribution < -0.4 is 10.6 Å². The monoisotopic (exact) mass is 306 g/mol. The van der Waals surface area contributed by atoms with Crippen molar-refractivity contribution in [1.29, 1.82) is 0 Å². The number of nitrogens with zero attached hydrogens (tertiary/aromatic N) is 1. The molecule has 0 fully saturated rings. The predicted octanol–water partition coefficient (Wildman–Crippen LogP) is 1.90. The van der Waals surface area contributed by atoms with Gasteiger partial charge in [-0.2, -0.15) is 0 Å². The zero-order chi connectivity index (χ0) is 15.2. The molecule has 0 heterocycles. The second-order valence-corrected chi connectivity index (χ2v) is 6.49. The minimum absolute atomic E-state index is 0.00480. The van der Waals surface area contributed by atoms with Gasteiger partial charge in [0.1, 0.15) is 0 Å². The second kappa shape index (κ2) is 7.54. The van der Waals surface area contributed by atoms with Gasteiger partial charge in [0.25, 0.3) is 6.43 Å². The topological polar surface area (TPSA) is 63.4 Å². The van der Waals surface area contributed by atoms with E-state index in [1.54, 1.807) is 25.1 Å². The molecule has 1 aromatic rings. The maximum atomic E-state index is 12.6. The van der Waals surface area contributed by atoms with E-state index in [1.807, 2.05) is 0 Å². The number of alkyl halides is 2. The van der Waals surface area contributed by atoms with Gasteiger partial charge in [-0.1, -0.05) is 19.1 Å². The third-order valence-corrected chi connectivity index (χ3v) is 4.73. The van der Waals surface area contributed by atoms with Crippen molar-refractivity contribution in [3.8, 4) is 0 Å². The summed E-state index contributed by atoms with van der Waals surface area (Å²) in [6.45, 7) is 1.59. The first-order chi connectivity index (χ1) is 9.42. The number of anilines is 1. The first-order valence-electron chi connectivity index (χ1n) is 6.47. The molecule has 0 aromatic heterocycles. The van der Waals surface area contributed by atoms with E-state index in [9.17, 15) is 17.2 Å². The smallest absolute Gasteiger partial charge is 0.255 e. The molecule has 0 saturated carbocycles. The Morgan fingerprint density at radius 3 is 2.50 bits per heavy atom. The van der Waals surface area contributed by atoms with Gasteiger partial charge in [0.15, 0.2) is 9.84 Å². The number of halogens is 2. The van der Waals surface area contributed by atoms with E-state index in [0.717, 1.165) is 0 Å². The van der Waals surface area contributed by atoms with Crippen molar-refractivity contribution in [2.24, 2.45) is 5.73 Å². The van der Waals surface area contributed by atoms with Crippen LogP contribution in [-0.2, 0) is 9.84 Å². The van der Waals surface area contributed by atoms with E-state index in [-0.39, 0.29) is 23.7 Å². The molecule has 0 aliphatic carbocycles. The van der Waals surface area contributed by atoms with Crippen LogP contribution in [0.3, 0.4) is 0 Å². The summed E-state index contributed by atoms with van der Waals surface area (Å²) < 4.78 is 49.7. The maximum absolute atomic E-state index is 12.6. The molecule has 114 valence electrons. The average Bonchev–Trinajstić information content (AvgIpc) is 2.38. The Kier molecular flexibility index (Phi) is 6.35. The van der Waals surface area contributed by atoms with Gasteiger partial charge in [0.05, 0.1) is 22.9 Å². The number of hydrogen-bond acceptors (Lipinski definition) is 4. The van der Waals surface area contributed by atoms with Crippen LogP contribution in [0.1, 0.15) is 13.3 Å². The molecule has 0 saturated heterocycles. The molecule has 0 spiro atoms. The van der Waals surface area contributed by atoms with Gasteiger partial charge < -0.3 is 10.6 Å². The van der Waals surface area contributed by atoms with Crippen molar-refractivity contribution in [3.05, 3.63) is 24.3 Å². The fraction of sp³-hybridized carbons (Fsp3) is 0.538. The summed E-state index contributed by atoms with van der Waals surface area (Å²) in [4.78, 5) is 1.42. The highest BCUT2D eigenvalue weighted by molar-refractivity contribution is 7.91. The molecule has 0 radical (unpaired) electrons. The summed E-state index contributed by atoms with van der Waals surface area (Å²) in [5.74, 6) is -0.00480. The molecule has 0 atom stereocenters. The molecule has 0 aliphatic rings. The van der Waals surface area contributed by atoms with Crippen molar-refractivity contribution in [3.63, 3.8) is 0 Å². The molecule has 7 heteroatoms. The summed E-state index contributed by atoms with van der Waals surface area (Å²) in [5.41, 5.74) is 5.72. The Labute approximate surface area is 118 Å². The highest BCUT2D eigenvalue weighted by Gasteiger charge is 2.22. The Morgan fingerprint density at radius 1 is 1.30 bits per heavy atom. The first kappa shape index (κ1) is 16.8. The molecule has 0 unspecified atom stereocenters. The lowest BCUT2D eigenvalue weighted by Crippen LogP contribution is -2.34. The lowest BCUT2D eigenvalue weighted by atomic mass is 10.3. The molecule has 0 amide bonds. The zero-order valence-electron chi connectivity index (χ0n) is 11.4. The van der Waals surface area contributed by atoms with Crippen LogP contribution in [0.15, 0.2) is 29.2 Å². The van der Waals surface area contributed by atoms with E-state index < -0.39 is 22.8 Å². The summed E-state index contributed by atoms with van der Waals surface area (Å²) in [6, 6.07) is 6.22. The number of rotatable bonds is 8. The minimum Gasteiger partial charge on any atom is -0.363 e. The summed E-state index contributed by atoms with van der Waals surface area (Å²) in [6.07, 6.45) is -2.08. The predicted molar refractivity (Wildman–Crippen MR) is 76.1 cm³/mol. The zero-order valence-corrected chi connectivity index (χ0v) is 12.2. The molecule has 0 bridgehead atoms. The molecule has 1 aromatic carbocycles. The Hall–Kier alpha value is -1.21. The number of hydrogen-bond donors (Lipinski definition) is 1. The normalized spacial score (nSPS) is 11.8. The van der Waals surface area contributed by atoms with Crippen molar-refractivity contribution in [2.45, 2.75) is 24.7 Å². The van der Waals surface area contributed by atoms with E-state index in [1.165, 1.54) is 11.0 Å². The lowest BCUT2D eigenvalue weighted by Gasteiger charge is -2.26. The van der Waals surface area contributed by atoms with Crippen molar-refractivity contribution in [1.82, 2.24) is 0 Å². The molecule has 20 heavy (non-hydrogen) atoms. The summed E-state index contributed by atoms with van der Waals surface area (Å²) in [5, 5.41) is 0. The summed E-state index contributed by atoms with van der Waals surface area (Å²) in [7, 11) is -3.47. The lowest BCUT2D eigenvalue weighted by molar-refractivity contribution is 0.155. The molecular formula is C13H20F2N2O2S. The van der Waals surface area contributed by atoms with Gasteiger partial charge in [0.2, 0.25) is 0 Å². The minimum atomic E-state index is -3.47. The molecule has 1 rings (SSSR count). The van der Waals surface area contributed by atoms with E-state index >= 15 is 0 Å². The molecule has 2 N–H and O–H groups in total. The Bertz CT molecular complexity index is 521. The van der Waals surface area contributed by atoms with Crippen LogP contribution in [0.25, 0.3) is 0 Å². The second-order valence-electron chi connectivity index (χ2n) is 4.41. The fourth-order valence-corrected chi connectivity index (χ4v) is 3.55. The highest BCUT2D eigenvalue weighted by atomic mass is 32.2. The number of benzene rings is 1. The summed E-state index contributed by atoms with van der Waals surface area (Å²) >= 11 is 0. The quantitative estimate of drug-likeness (QED) is 0.797. The van der Waals surface area contributed by atoms with Gasteiger partial charge in [-0.25, -0.2) is 17.2 Å². The third-order valence-electron chi connectivity index (χ3n) is 2.77. The standard InChI is InChI=1S/C13H20F2N2O2S/c1-2-9-20(18,19)12-6-4-3-5-11(12)17(8-7-16)10-13(14)15/h3-6,13H,2,7-10,16H2,1H3. The van der Waals surface area contributed by atoms with Crippen LogP contribution >= 0.6 is 0 Å². The number of nitrogens with two attached hydrogens (primary N) is 1. The first-order valence-corrected chi connectivity index (χ1v) is 8.12. The van der Waals surface area contributed by atoms with Crippen molar-refractivity contribution < 1.29 is 17.2 Å². The number of para-hydroxylation sites is 1. The molecular weight excluding hydrogens is 286 g/mol. The average molecular weight is 306 g/mol. The van der Waals surface area contributed by atoms with Crippen molar-refractivity contribution in [2.75, 3.05) is 30.3 Å². The fourth-order valence-electron chi connectivity index (χ4n) is 1.99. The van der Waals surface area contributed by atoms with E-state index in [4.69, 9.17) is 5.73 Å². The van der Waals surface area contributed by atoms with Crippen molar-refractivity contribution >= 4 is 15.5 Å². The van der Waals surface area contributed by atoms with Gasteiger partial charge >= 0.3 is 0 Å². The van der Waals surface area contributed by atoms with E-state index in [2.05, 4.69) is 0 Å². The van der Waals surface area contributed by atoms with Crippen LogP contribution in [0, 0.1) is 0 Å². The largest absolute Gasteiger partial charge is 0.363 e. The van der Waals surface area contributed by atoms with Gasteiger partial charge in [-0.15, -0.1) is 0 Å². The Morgan fingerprint density at radius 2 is 1.95 bits per heavy atom. The number of sulfone groups is 1. The third kappa shape index (κ3) is 4.42. The van der Waals surface area contributed by atoms with Crippen LogP contribution in [0.2, 0.25) is 0 Å². The van der Waals surface area contributed by atoms with E-state index in [0.29, 0.717) is 12.1 Å². The highest BCUT2D eigenvalue weighted by Crippen LogP contribution is 2.26. The van der Waals surface area contributed by atoms with Crippen LogP contribution in [-0.4, -0.2) is 40.2 Å². The van der Waals surface area contributed by atoms with Crippen LogP contribution in [0.5, 0.6) is 0 Å². The van der Waals surface area contributed by atoms with Crippen LogP contribution in [0.4, 0.5) is 14.5 Å².